The van der Waals surface area contributed by atoms with Crippen molar-refractivity contribution in [3.8, 4) is 0 Å². The first-order valence-corrected chi connectivity index (χ1v) is 19.3. The Labute approximate surface area is 231 Å². The standard InChI is InChI=1S/2C8H13NO2.C4H11NOSe.C2H6S.C2H6Se/c2*1-8(2,3)9-6(10)4-5-7(9)11;1-5-3-6-4-7-2;2*1-3-2/h2*4-5H2,1-3H3;5H,3-4H2,1-2H3;2*1-2H3. The number of thioether (sulfide) groups is 1. The van der Waals surface area contributed by atoms with Gasteiger partial charge in [0.1, 0.15) is 0 Å². The molecule has 2 aliphatic heterocycles. The predicted octanol–water partition coefficient (Wildman–Crippen LogP) is 3.52. The van der Waals surface area contributed by atoms with Gasteiger partial charge < -0.3 is 0 Å². The third kappa shape index (κ3) is 19.4. The molecule has 11 heteroatoms. The Hall–Kier alpha value is -0.411. The van der Waals surface area contributed by atoms with E-state index in [-0.39, 0.29) is 34.7 Å². The zero-order valence-corrected chi connectivity index (χ0v) is 28.1. The molecule has 0 unspecified atom stereocenters. The third-order valence-corrected chi connectivity index (χ3v) is 4.74. The fourth-order valence-corrected chi connectivity index (χ4v) is 3.40. The summed E-state index contributed by atoms with van der Waals surface area (Å²) < 4.78 is 5.05. The van der Waals surface area contributed by atoms with Crippen LogP contribution in [-0.4, -0.2) is 106 Å². The molecular formula is C24H49N3O5SSe2. The Kier molecular flexibility index (Phi) is 24.2. The van der Waals surface area contributed by atoms with Crippen LogP contribution in [0.2, 0.25) is 17.5 Å². The van der Waals surface area contributed by atoms with Gasteiger partial charge in [0.25, 0.3) is 0 Å². The van der Waals surface area contributed by atoms with Gasteiger partial charge in [-0.1, -0.05) is 0 Å². The molecule has 35 heavy (non-hydrogen) atoms. The molecule has 2 rings (SSSR count). The zero-order chi connectivity index (χ0) is 28.2. The van der Waals surface area contributed by atoms with Crippen LogP contribution in [0.15, 0.2) is 0 Å². The van der Waals surface area contributed by atoms with Gasteiger partial charge in [0.15, 0.2) is 0 Å². The number of carbonyl (C=O) groups excluding carboxylic acids is 4. The summed E-state index contributed by atoms with van der Waals surface area (Å²) in [5.41, 5.74) is 0.239. The molecule has 0 spiro atoms. The molecule has 0 aromatic rings. The van der Waals surface area contributed by atoms with E-state index in [4.69, 9.17) is 4.74 Å². The fourth-order valence-electron chi connectivity index (χ4n) is 2.88. The molecule has 1 N–H and O–H groups in total. The van der Waals surface area contributed by atoms with Crippen molar-refractivity contribution >= 4 is 65.3 Å². The van der Waals surface area contributed by atoms with Crippen molar-refractivity contribution in [1.82, 2.24) is 15.1 Å². The molecule has 0 saturated carbocycles. The molecule has 8 nitrogen and oxygen atoms in total. The first-order valence-electron chi connectivity index (χ1n) is 11.3. The van der Waals surface area contributed by atoms with E-state index in [9.17, 15) is 19.2 Å². The van der Waals surface area contributed by atoms with Gasteiger partial charge >= 0.3 is 76.7 Å². The normalized spacial score (nSPS) is 15.3. The van der Waals surface area contributed by atoms with Crippen LogP contribution in [0.1, 0.15) is 67.2 Å². The summed E-state index contributed by atoms with van der Waals surface area (Å²) >= 11 is 3.29. The summed E-state index contributed by atoms with van der Waals surface area (Å²) in [6.45, 7) is 11.9. The topological polar surface area (TPSA) is 96.0 Å². The van der Waals surface area contributed by atoms with Crippen molar-refractivity contribution < 1.29 is 23.9 Å². The van der Waals surface area contributed by atoms with Crippen molar-refractivity contribution in [2.75, 3.05) is 31.8 Å². The first kappa shape index (κ1) is 39.1. The number of imide groups is 2. The van der Waals surface area contributed by atoms with Gasteiger partial charge in [-0.2, -0.15) is 11.8 Å². The van der Waals surface area contributed by atoms with Crippen molar-refractivity contribution in [3.63, 3.8) is 0 Å². The van der Waals surface area contributed by atoms with E-state index in [1.807, 2.05) is 61.1 Å². The molecule has 208 valence electrons. The monoisotopic (exact) mass is 651 g/mol. The average Bonchev–Trinajstić information content (AvgIpc) is 3.24. The molecule has 0 atom stereocenters. The van der Waals surface area contributed by atoms with Crippen LogP contribution in [0.4, 0.5) is 0 Å². The minimum atomic E-state index is -0.343. The molecule has 0 aromatic carbocycles. The second-order valence-corrected chi connectivity index (χ2v) is 13.7. The molecule has 2 aliphatic rings. The Morgan fingerprint density at radius 1 is 0.771 bits per heavy atom. The molecule has 4 amide bonds. The number of ether oxygens (including phenoxy) is 1. The number of hydrogen-bond donors (Lipinski definition) is 1. The Balaban J connectivity index is -0.000000402. The second kappa shape index (κ2) is 21.7. The van der Waals surface area contributed by atoms with Gasteiger partial charge in [0.05, 0.1) is 0 Å². The van der Waals surface area contributed by atoms with E-state index in [0.29, 0.717) is 47.4 Å². The maximum atomic E-state index is 11.1. The van der Waals surface area contributed by atoms with E-state index < -0.39 is 0 Å². The minimum absolute atomic E-state index is 0.0394. The summed E-state index contributed by atoms with van der Waals surface area (Å²) in [6, 6.07) is 0. The van der Waals surface area contributed by atoms with Gasteiger partial charge in [0.2, 0.25) is 23.6 Å². The van der Waals surface area contributed by atoms with Crippen LogP contribution in [0.5, 0.6) is 0 Å². The fraction of sp³-hybridized carbons (Fsp3) is 0.833. The molecule has 0 radical (unpaired) electrons. The summed E-state index contributed by atoms with van der Waals surface area (Å²) in [6.07, 6.45) is 5.62. The van der Waals surface area contributed by atoms with Gasteiger partial charge in [-0.15, -0.1) is 0 Å². The third-order valence-electron chi connectivity index (χ3n) is 3.89. The van der Waals surface area contributed by atoms with E-state index in [1.54, 1.807) is 11.8 Å². The van der Waals surface area contributed by atoms with E-state index >= 15 is 0 Å². The number of nitrogens with zero attached hydrogens (tertiary/aromatic N) is 2. The zero-order valence-electron chi connectivity index (χ0n) is 23.9. The quantitative estimate of drug-likeness (QED) is 0.216. The van der Waals surface area contributed by atoms with Gasteiger partial charge in [0, 0.05) is 36.8 Å². The van der Waals surface area contributed by atoms with Crippen LogP contribution in [-0.2, 0) is 23.9 Å². The SMILES string of the molecule is CC(C)(C)N1C(=O)CCC1=O.CC(C)(C)N1C(=O)CCC1=O.CNCOC[Se]C.CSC.C[Se]C. The average molecular weight is 650 g/mol. The molecule has 2 heterocycles. The van der Waals surface area contributed by atoms with E-state index in [2.05, 4.69) is 22.8 Å². The van der Waals surface area contributed by atoms with Crippen molar-refractivity contribution in [2.24, 2.45) is 0 Å². The summed E-state index contributed by atoms with van der Waals surface area (Å²) in [7, 11) is 1.88. The Morgan fingerprint density at radius 2 is 1.03 bits per heavy atom. The number of rotatable bonds is 4. The van der Waals surface area contributed by atoms with Crippen molar-refractivity contribution in [2.45, 2.75) is 95.8 Å². The molecule has 2 fully saturated rings. The summed E-state index contributed by atoms with van der Waals surface area (Å²) in [4.78, 5) is 47.3. The van der Waals surface area contributed by atoms with Crippen LogP contribution in [0.25, 0.3) is 0 Å². The number of likely N-dealkylation sites (tertiary alicyclic amines) is 2. The predicted molar refractivity (Wildman–Crippen MR) is 150 cm³/mol. The van der Waals surface area contributed by atoms with Gasteiger partial charge in [-0.05, 0) is 54.1 Å². The molecule has 0 aromatic heterocycles. The van der Waals surface area contributed by atoms with Gasteiger partial charge in [-0.3, -0.25) is 29.0 Å². The van der Waals surface area contributed by atoms with Crippen LogP contribution < -0.4 is 5.32 Å². The maximum absolute atomic E-state index is 11.1. The molecule has 0 bridgehead atoms. The number of nitrogens with one attached hydrogen (secondary N) is 1. The molecule has 0 aliphatic carbocycles. The number of carbonyl (C=O) groups is 4. The van der Waals surface area contributed by atoms with Crippen LogP contribution in [0, 0.1) is 0 Å². The van der Waals surface area contributed by atoms with Crippen molar-refractivity contribution in [1.29, 1.82) is 0 Å². The summed E-state index contributed by atoms with van der Waals surface area (Å²) in [5, 5.41) is 2.89. The van der Waals surface area contributed by atoms with Gasteiger partial charge in [-0.25, -0.2) is 0 Å². The molecule has 2 saturated heterocycles. The van der Waals surface area contributed by atoms with Crippen LogP contribution >= 0.6 is 11.8 Å². The van der Waals surface area contributed by atoms with E-state index in [0.717, 1.165) is 20.5 Å². The van der Waals surface area contributed by atoms with E-state index in [1.165, 1.54) is 9.80 Å². The van der Waals surface area contributed by atoms with Crippen molar-refractivity contribution in [3.05, 3.63) is 0 Å². The first-order chi connectivity index (χ1) is 16.1. The number of hydrogen-bond acceptors (Lipinski definition) is 7. The van der Waals surface area contributed by atoms with Crippen LogP contribution in [0.3, 0.4) is 0 Å². The number of amides is 4. The second-order valence-electron chi connectivity index (χ2n) is 9.51. The summed E-state index contributed by atoms with van der Waals surface area (Å²) in [5.74, 6) is 6.37. The Morgan fingerprint density at radius 3 is 1.17 bits per heavy atom. The molecular weight excluding hydrogens is 600 g/mol. The Bertz CT molecular complexity index is 539.